The Kier molecular flexibility index (Phi) is 3.97. The van der Waals surface area contributed by atoms with Gasteiger partial charge in [0.2, 0.25) is 0 Å². The van der Waals surface area contributed by atoms with Gasteiger partial charge in [0.1, 0.15) is 5.52 Å². The third kappa shape index (κ3) is 2.00. The molecule has 0 saturated heterocycles. The van der Waals surface area contributed by atoms with Crippen LogP contribution in [0.2, 0.25) is 10.0 Å². The van der Waals surface area contributed by atoms with Gasteiger partial charge in [-0.3, -0.25) is 0 Å². The van der Waals surface area contributed by atoms with Crippen LogP contribution in [-0.2, 0) is 0 Å². The van der Waals surface area contributed by atoms with Crippen molar-refractivity contribution in [2.24, 2.45) is 0 Å². The van der Waals surface area contributed by atoms with Crippen molar-refractivity contribution in [1.29, 1.82) is 0 Å². The third-order valence-electron chi connectivity index (χ3n) is 2.03. The van der Waals surface area contributed by atoms with E-state index in [9.17, 15) is 0 Å². The van der Waals surface area contributed by atoms with E-state index in [0.717, 1.165) is 33.8 Å². The average Bonchev–Trinajstić information content (AvgIpc) is 2.47. The number of benzene rings is 1. The summed E-state index contributed by atoms with van der Waals surface area (Å²) in [6, 6.07) is 0. The molecule has 0 saturated carbocycles. The first-order chi connectivity index (χ1) is 6.95. The summed E-state index contributed by atoms with van der Waals surface area (Å²) < 4.78 is 3.71. The quantitative estimate of drug-likeness (QED) is 0.243. The van der Waals surface area contributed by atoms with Crippen LogP contribution in [0.15, 0.2) is 0 Å². The van der Waals surface area contributed by atoms with E-state index in [-0.39, 0.29) is 0 Å². The standard InChI is InChI=1S/C8H3Cl2I3N2/c1-2-3-4(9)6(11)7(12)5(10)8(3)15(13)14-2/h1H3. The van der Waals surface area contributed by atoms with Crippen LogP contribution in [0.3, 0.4) is 0 Å². The molecule has 1 heterocycles. The van der Waals surface area contributed by atoms with Crippen LogP contribution in [0.25, 0.3) is 10.9 Å². The van der Waals surface area contributed by atoms with E-state index in [1.165, 1.54) is 0 Å². The Morgan fingerprint density at radius 1 is 1.13 bits per heavy atom. The molecular weight excluding hydrogens is 576 g/mol. The second-order valence-corrected chi connectivity index (χ2v) is 6.75. The smallest absolute Gasteiger partial charge is 0.101 e. The third-order valence-corrected chi connectivity index (χ3v) is 7.30. The minimum atomic E-state index is 0.717. The number of hydrogen-bond acceptors (Lipinski definition) is 1. The molecule has 0 amide bonds. The van der Waals surface area contributed by atoms with Gasteiger partial charge in [0.15, 0.2) is 0 Å². The first kappa shape index (κ1) is 12.9. The van der Waals surface area contributed by atoms with Crippen LogP contribution in [0, 0.1) is 14.1 Å². The van der Waals surface area contributed by atoms with Gasteiger partial charge in [-0.15, -0.1) is 0 Å². The normalized spacial score (nSPS) is 11.3. The molecule has 0 fully saturated rings. The SMILES string of the molecule is Cc1nn(I)c2c(Cl)c(I)c(I)c(Cl)c12. The number of fused-ring (bicyclic) bond motifs is 1. The highest BCUT2D eigenvalue weighted by Crippen LogP contribution is 2.40. The number of aromatic nitrogens is 2. The van der Waals surface area contributed by atoms with Gasteiger partial charge < -0.3 is 0 Å². The molecule has 0 unspecified atom stereocenters. The highest BCUT2D eigenvalue weighted by Gasteiger charge is 2.19. The fourth-order valence-corrected chi connectivity index (χ4v) is 4.28. The predicted molar refractivity (Wildman–Crippen MR) is 89.3 cm³/mol. The van der Waals surface area contributed by atoms with Gasteiger partial charge in [0, 0.05) is 12.5 Å². The molecule has 0 N–H and O–H groups in total. The Labute approximate surface area is 138 Å². The molecule has 0 aliphatic carbocycles. The minimum Gasteiger partial charge on any atom is -0.202 e. The van der Waals surface area contributed by atoms with Gasteiger partial charge in [-0.25, -0.2) is 2.90 Å². The first-order valence-corrected chi connectivity index (χ1v) is 7.70. The number of hydrogen-bond donors (Lipinski definition) is 0. The number of halogens is 5. The molecule has 15 heavy (non-hydrogen) atoms. The molecule has 0 spiro atoms. The molecule has 0 aliphatic rings. The summed E-state index contributed by atoms with van der Waals surface area (Å²) >= 11 is 19.1. The Bertz CT molecular complexity index is 517. The number of aryl methyl sites for hydroxylation is 1. The van der Waals surface area contributed by atoms with Crippen molar-refractivity contribution in [2.75, 3.05) is 0 Å². The molecule has 0 radical (unpaired) electrons. The summed E-state index contributed by atoms with van der Waals surface area (Å²) in [6.07, 6.45) is 0. The molecule has 2 rings (SSSR count). The molecular formula is C8H3Cl2I3N2. The average molecular weight is 579 g/mol. The molecule has 2 nitrogen and oxygen atoms in total. The van der Waals surface area contributed by atoms with Crippen molar-refractivity contribution < 1.29 is 0 Å². The lowest BCUT2D eigenvalue weighted by atomic mass is 10.2. The van der Waals surface area contributed by atoms with Crippen LogP contribution in [0.5, 0.6) is 0 Å². The van der Waals surface area contributed by atoms with E-state index in [1.807, 2.05) is 6.92 Å². The van der Waals surface area contributed by atoms with Crippen molar-refractivity contribution in [3.8, 4) is 0 Å². The first-order valence-electron chi connectivity index (χ1n) is 3.82. The Balaban J connectivity index is 3.10. The Morgan fingerprint density at radius 3 is 2.27 bits per heavy atom. The second kappa shape index (κ2) is 4.62. The largest absolute Gasteiger partial charge is 0.202 e. The highest BCUT2D eigenvalue weighted by atomic mass is 127. The minimum absolute atomic E-state index is 0.717. The summed E-state index contributed by atoms with van der Waals surface area (Å²) in [7, 11) is 0. The van der Waals surface area contributed by atoms with Crippen LogP contribution in [-0.4, -0.2) is 7.99 Å². The molecule has 2 aromatic rings. The lowest BCUT2D eigenvalue weighted by Gasteiger charge is -2.05. The van der Waals surface area contributed by atoms with Crippen LogP contribution in [0.4, 0.5) is 0 Å². The summed E-state index contributed by atoms with van der Waals surface area (Å²) in [5.41, 5.74) is 1.80. The van der Waals surface area contributed by atoms with E-state index in [0.29, 0.717) is 0 Å². The zero-order chi connectivity index (χ0) is 11.3. The van der Waals surface area contributed by atoms with Crippen molar-refractivity contribution in [3.05, 3.63) is 22.9 Å². The van der Waals surface area contributed by atoms with Gasteiger partial charge in [0.25, 0.3) is 0 Å². The van der Waals surface area contributed by atoms with Crippen LogP contribution in [0.1, 0.15) is 5.69 Å². The summed E-state index contributed by atoms with van der Waals surface area (Å²) in [5.74, 6) is 0. The topological polar surface area (TPSA) is 17.8 Å². The lowest BCUT2D eigenvalue weighted by molar-refractivity contribution is 1.04. The maximum atomic E-state index is 6.29. The van der Waals surface area contributed by atoms with Gasteiger partial charge in [-0.1, -0.05) is 23.2 Å². The van der Waals surface area contributed by atoms with Crippen molar-refractivity contribution in [1.82, 2.24) is 7.99 Å². The van der Waals surface area contributed by atoms with E-state index >= 15 is 0 Å². The molecule has 1 aromatic heterocycles. The Hall–Kier alpha value is 1.46. The zero-order valence-electron chi connectivity index (χ0n) is 7.28. The molecule has 1 aromatic carbocycles. The molecule has 0 aliphatic heterocycles. The van der Waals surface area contributed by atoms with Gasteiger partial charge in [-0.05, 0) is 52.1 Å². The highest BCUT2D eigenvalue weighted by molar-refractivity contribution is 14.1. The lowest BCUT2D eigenvalue weighted by Crippen LogP contribution is -1.88. The molecule has 80 valence electrons. The predicted octanol–water partition coefficient (Wildman–Crippen LogP) is 5.06. The van der Waals surface area contributed by atoms with Crippen molar-refractivity contribution in [3.63, 3.8) is 0 Å². The van der Waals surface area contributed by atoms with Crippen molar-refractivity contribution >= 4 is 102 Å². The maximum absolute atomic E-state index is 6.29. The number of rotatable bonds is 0. The van der Waals surface area contributed by atoms with Crippen LogP contribution < -0.4 is 0 Å². The molecule has 0 atom stereocenters. The fraction of sp³-hybridized carbons (Fsp3) is 0.125. The summed E-state index contributed by atoms with van der Waals surface area (Å²) in [4.78, 5) is 0. The number of nitrogens with zero attached hydrogens (tertiary/aromatic N) is 2. The maximum Gasteiger partial charge on any atom is 0.101 e. The van der Waals surface area contributed by atoms with Crippen molar-refractivity contribution in [2.45, 2.75) is 6.92 Å². The van der Waals surface area contributed by atoms with E-state index in [2.05, 4.69) is 73.1 Å². The van der Waals surface area contributed by atoms with E-state index in [1.54, 1.807) is 2.90 Å². The van der Waals surface area contributed by atoms with Gasteiger partial charge in [-0.2, -0.15) is 5.10 Å². The van der Waals surface area contributed by atoms with Crippen LogP contribution >= 0.6 is 91.2 Å². The monoisotopic (exact) mass is 578 g/mol. The Morgan fingerprint density at radius 2 is 1.67 bits per heavy atom. The summed E-state index contributed by atoms with van der Waals surface area (Å²) in [5, 5.41) is 6.72. The van der Waals surface area contributed by atoms with Gasteiger partial charge >= 0.3 is 0 Å². The summed E-state index contributed by atoms with van der Waals surface area (Å²) in [6.45, 7) is 1.93. The van der Waals surface area contributed by atoms with E-state index in [4.69, 9.17) is 23.2 Å². The molecule has 7 heteroatoms. The second-order valence-electron chi connectivity index (χ2n) is 2.93. The zero-order valence-corrected chi connectivity index (χ0v) is 15.3. The fourth-order valence-electron chi connectivity index (χ4n) is 1.36. The molecule has 0 bridgehead atoms. The van der Waals surface area contributed by atoms with Gasteiger partial charge in [0.05, 0.1) is 38.6 Å². The van der Waals surface area contributed by atoms with E-state index < -0.39 is 0 Å².